The van der Waals surface area contributed by atoms with E-state index in [2.05, 4.69) is 5.32 Å². The van der Waals surface area contributed by atoms with Crippen LogP contribution in [-0.4, -0.2) is 12.5 Å². The van der Waals surface area contributed by atoms with Crippen molar-refractivity contribution in [2.75, 3.05) is 11.9 Å². The third-order valence-electron chi connectivity index (χ3n) is 2.66. The largest absolute Gasteiger partial charge is 0.481 e. The summed E-state index contributed by atoms with van der Waals surface area (Å²) in [6, 6.07) is 11.6. The Labute approximate surface area is 121 Å². The van der Waals surface area contributed by atoms with Crippen LogP contribution in [0.2, 0.25) is 5.02 Å². The number of rotatable bonds is 4. The fourth-order valence-corrected chi connectivity index (χ4v) is 1.81. The molecule has 0 fully saturated rings. The number of aryl methyl sites for hydroxylation is 1. The predicted molar refractivity (Wildman–Crippen MR) is 76.7 cm³/mol. The first-order valence-corrected chi connectivity index (χ1v) is 6.38. The fourth-order valence-electron chi connectivity index (χ4n) is 1.62. The van der Waals surface area contributed by atoms with Crippen molar-refractivity contribution in [3.63, 3.8) is 0 Å². The van der Waals surface area contributed by atoms with Gasteiger partial charge in [-0.15, -0.1) is 0 Å². The lowest BCUT2D eigenvalue weighted by atomic mass is 10.2. The standard InChI is InChI=1S/C15H13ClFNO2/c1-10-5-4-8-13(15(10)17)20-9-14(19)18-12-7-3-2-6-11(12)16/h2-8H,9H2,1H3,(H,18,19). The van der Waals surface area contributed by atoms with Crippen LogP contribution >= 0.6 is 11.6 Å². The Morgan fingerprint density at radius 1 is 1.25 bits per heavy atom. The van der Waals surface area contributed by atoms with Crippen LogP contribution in [-0.2, 0) is 4.79 Å². The highest BCUT2D eigenvalue weighted by Crippen LogP contribution is 2.21. The molecule has 0 atom stereocenters. The van der Waals surface area contributed by atoms with Crippen LogP contribution in [0.4, 0.5) is 10.1 Å². The fraction of sp³-hybridized carbons (Fsp3) is 0.133. The van der Waals surface area contributed by atoms with Gasteiger partial charge < -0.3 is 10.1 Å². The maximum atomic E-state index is 13.7. The molecule has 2 aromatic carbocycles. The van der Waals surface area contributed by atoms with Crippen LogP contribution in [0.25, 0.3) is 0 Å². The van der Waals surface area contributed by atoms with Gasteiger partial charge in [0.1, 0.15) is 0 Å². The van der Waals surface area contributed by atoms with Crippen LogP contribution in [0.3, 0.4) is 0 Å². The van der Waals surface area contributed by atoms with Crippen molar-refractivity contribution in [1.82, 2.24) is 0 Å². The zero-order valence-electron chi connectivity index (χ0n) is 10.8. The van der Waals surface area contributed by atoms with E-state index < -0.39 is 11.7 Å². The number of nitrogens with one attached hydrogen (secondary N) is 1. The number of carbonyl (C=O) groups excluding carboxylic acids is 1. The lowest BCUT2D eigenvalue weighted by Gasteiger charge is -2.10. The van der Waals surface area contributed by atoms with E-state index >= 15 is 0 Å². The number of para-hydroxylation sites is 1. The maximum absolute atomic E-state index is 13.7. The first kappa shape index (κ1) is 14.3. The minimum Gasteiger partial charge on any atom is -0.481 e. The molecule has 0 spiro atoms. The molecule has 104 valence electrons. The Hall–Kier alpha value is -2.07. The zero-order valence-corrected chi connectivity index (χ0v) is 11.6. The zero-order chi connectivity index (χ0) is 14.5. The molecule has 1 amide bonds. The molecule has 1 N–H and O–H groups in total. The normalized spacial score (nSPS) is 10.2. The monoisotopic (exact) mass is 293 g/mol. The number of hydrogen-bond acceptors (Lipinski definition) is 2. The highest BCUT2D eigenvalue weighted by molar-refractivity contribution is 6.33. The van der Waals surface area contributed by atoms with Gasteiger partial charge in [0.25, 0.3) is 5.91 Å². The van der Waals surface area contributed by atoms with E-state index in [-0.39, 0.29) is 12.4 Å². The van der Waals surface area contributed by atoms with Gasteiger partial charge in [0.2, 0.25) is 0 Å². The molecular formula is C15H13ClFNO2. The average Bonchev–Trinajstić information content (AvgIpc) is 2.43. The molecule has 0 saturated heterocycles. The molecule has 0 bridgehead atoms. The van der Waals surface area contributed by atoms with Crippen LogP contribution in [0.1, 0.15) is 5.56 Å². The summed E-state index contributed by atoms with van der Waals surface area (Å²) in [4.78, 5) is 11.7. The highest BCUT2D eigenvalue weighted by Gasteiger charge is 2.09. The second-order valence-electron chi connectivity index (χ2n) is 4.20. The molecule has 0 radical (unpaired) electrons. The summed E-state index contributed by atoms with van der Waals surface area (Å²) in [5.74, 6) is -0.809. The Bertz CT molecular complexity index is 631. The molecule has 2 rings (SSSR count). The molecule has 0 aliphatic rings. The number of carbonyl (C=O) groups is 1. The lowest BCUT2D eigenvalue weighted by Crippen LogP contribution is -2.20. The molecule has 0 aromatic heterocycles. The van der Waals surface area contributed by atoms with Crippen molar-refractivity contribution in [3.8, 4) is 5.75 Å². The highest BCUT2D eigenvalue weighted by atomic mass is 35.5. The van der Waals surface area contributed by atoms with Gasteiger partial charge >= 0.3 is 0 Å². The van der Waals surface area contributed by atoms with E-state index in [1.807, 2.05) is 0 Å². The van der Waals surface area contributed by atoms with Gasteiger partial charge in [0.05, 0.1) is 10.7 Å². The summed E-state index contributed by atoms with van der Waals surface area (Å²) in [6.45, 7) is 1.34. The molecule has 20 heavy (non-hydrogen) atoms. The molecule has 0 aliphatic carbocycles. The number of ether oxygens (including phenoxy) is 1. The third-order valence-corrected chi connectivity index (χ3v) is 2.99. The van der Waals surface area contributed by atoms with E-state index in [1.165, 1.54) is 6.07 Å². The van der Waals surface area contributed by atoms with Gasteiger partial charge in [-0.05, 0) is 30.7 Å². The number of hydrogen-bond donors (Lipinski definition) is 1. The first-order chi connectivity index (χ1) is 9.58. The number of amides is 1. The quantitative estimate of drug-likeness (QED) is 0.931. The summed E-state index contributed by atoms with van der Waals surface area (Å²) in [5, 5.41) is 3.03. The summed E-state index contributed by atoms with van der Waals surface area (Å²) < 4.78 is 18.8. The Kier molecular flexibility index (Phi) is 4.58. The predicted octanol–water partition coefficient (Wildman–Crippen LogP) is 3.81. The van der Waals surface area contributed by atoms with Crippen molar-refractivity contribution in [2.45, 2.75) is 6.92 Å². The van der Waals surface area contributed by atoms with Crippen LogP contribution in [0.5, 0.6) is 5.75 Å². The van der Waals surface area contributed by atoms with Crippen molar-refractivity contribution in [2.24, 2.45) is 0 Å². The smallest absolute Gasteiger partial charge is 0.262 e. The Balaban J connectivity index is 1.96. The summed E-state index contributed by atoms with van der Waals surface area (Å²) >= 11 is 5.92. The molecule has 2 aromatic rings. The van der Waals surface area contributed by atoms with E-state index in [0.717, 1.165) is 0 Å². The average molecular weight is 294 g/mol. The van der Waals surface area contributed by atoms with E-state index in [4.69, 9.17) is 16.3 Å². The third kappa shape index (κ3) is 3.48. The molecule has 0 heterocycles. The van der Waals surface area contributed by atoms with Crippen molar-refractivity contribution in [1.29, 1.82) is 0 Å². The minimum atomic E-state index is -0.460. The molecule has 0 aliphatic heterocycles. The molecular weight excluding hydrogens is 281 g/mol. The molecule has 0 saturated carbocycles. The van der Waals surface area contributed by atoms with Crippen LogP contribution in [0.15, 0.2) is 42.5 Å². The Morgan fingerprint density at radius 3 is 2.75 bits per heavy atom. The molecule has 5 heteroatoms. The Morgan fingerprint density at radius 2 is 2.00 bits per heavy atom. The van der Waals surface area contributed by atoms with Gasteiger partial charge in [-0.2, -0.15) is 0 Å². The van der Waals surface area contributed by atoms with E-state index in [9.17, 15) is 9.18 Å². The maximum Gasteiger partial charge on any atom is 0.262 e. The second-order valence-corrected chi connectivity index (χ2v) is 4.61. The van der Waals surface area contributed by atoms with Crippen molar-refractivity contribution < 1.29 is 13.9 Å². The second kappa shape index (κ2) is 6.39. The lowest BCUT2D eigenvalue weighted by molar-refractivity contribution is -0.118. The van der Waals surface area contributed by atoms with Crippen molar-refractivity contribution >= 4 is 23.2 Å². The number of anilines is 1. The van der Waals surface area contributed by atoms with E-state index in [1.54, 1.807) is 43.3 Å². The minimum absolute atomic E-state index is 0.0549. The van der Waals surface area contributed by atoms with E-state index in [0.29, 0.717) is 16.3 Å². The first-order valence-electron chi connectivity index (χ1n) is 6.00. The van der Waals surface area contributed by atoms with Gasteiger partial charge in [-0.3, -0.25) is 4.79 Å². The van der Waals surface area contributed by atoms with Gasteiger partial charge in [-0.1, -0.05) is 35.9 Å². The SMILES string of the molecule is Cc1cccc(OCC(=O)Nc2ccccc2Cl)c1F. The summed E-state index contributed by atoms with van der Waals surface area (Å²) in [7, 11) is 0. The van der Waals surface area contributed by atoms with Crippen molar-refractivity contribution in [3.05, 3.63) is 58.9 Å². The van der Waals surface area contributed by atoms with Crippen LogP contribution in [0, 0.1) is 12.7 Å². The summed E-state index contributed by atoms with van der Waals surface area (Å²) in [5.41, 5.74) is 0.960. The van der Waals surface area contributed by atoms with Gasteiger partial charge in [0, 0.05) is 0 Å². The number of benzene rings is 2. The summed E-state index contributed by atoms with van der Waals surface area (Å²) in [6.07, 6.45) is 0. The topological polar surface area (TPSA) is 38.3 Å². The van der Waals surface area contributed by atoms with Gasteiger partial charge in [-0.25, -0.2) is 4.39 Å². The van der Waals surface area contributed by atoms with Gasteiger partial charge in [0.15, 0.2) is 18.2 Å². The number of halogens is 2. The molecule has 3 nitrogen and oxygen atoms in total. The van der Waals surface area contributed by atoms with Crippen LogP contribution < -0.4 is 10.1 Å². The molecule has 0 unspecified atom stereocenters.